The highest BCUT2D eigenvalue weighted by Gasteiger charge is 2.27. The van der Waals surface area contributed by atoms with Crippen LogP contribution in [-0.4, -0.2) is 76.5 Å². The Hall–Kier alpha value is -5.16. The van der Waals surface area contributed by atoms with Gasteiger partial charge in [0.1, 0.15) is 11.1 Å². The first-order chi connectivity index (χ1) is 22.0. The van der Waals surface area contributed by atoms with Crippen molar-refractivity contribution in [3.63, 3.8) is 0 Å². The van der Waals surface area contributed by atoms with Crippen molar-refractivity contribution in [1.82, 2.24) is 24.2 Å². The summed E-state index contributed by atoms with van der Waals surface area (Å²) >= 11 is 0. The number of rotatable bonds is 3. The van der Waals surface area contributed by atoms with Crippen LogP contribution in [0.4, 0.5) is 23.0 Å². The largest absolute Gasteiger partial charge is 0.482 e. The molecule has 11 heteroatoms. The average Bonchev–Trinajstić information content (AvgIpc) is 3.33. The molecule has 45 heavy (non-hydrogen) atoms. The molecule has 11 nitrogen and oxygen atoms in total. The molecular weight excluding hydrogens is 568 g/mol. The molecule has 5 aromatic rings. The number of anilines is 4. The van der Waals surface area contributed by atoms with Crippen molar-refractivity contribution in [1.29, 1.82) is 0 Å². The maximum atomic E-state index is 13.6. The van der Waals surface area contributed by atoms with Crippen LogP contribution in [0.25, 0.3) is 27.5 Å². The van der Waals surface area contributed by atoms with Crippen LogP contribution in [0.2, 0.25) is 0 Å². The van der Waals surface area contributed by atoms with Gasteiger partial charge >= 0.3 is 0 Å². The lowest BCUT2D eigenvalue weighted by Gasteiger charge is -2.34. The Labute approximate surface area is 259 Å². The first kappa shape index (κ1) is 27.4. The van der Waals surface area contributed by atoms with Crippen LogP contribution >= 0.6 is 0 Å². The number of aromatic nitrogens is 4. The highest BCUT2D eigenvalue weighted by molar-refractivity contribution is 5.98. The normalized spacial score (nSPS) is 17.1. The number of carbonyl (C=O) groups is 1. The van der Waals surface area contributed by atoms with E-state index < -0.39 is 0 Å². The Kier molecular flexibility index (Phi) is 6.75. The van der Waals surface area contributed by atoms with E-state index in [0.717, 1.165) is 50.1 Å². The zero-order valence-corrected chi connectivity index (χ0v) is 25.1. The van der Waals surface area contributed by atoms with Crippen LogP contribution in [0, 0.1) is 0 Å². The van der Waals surface area contributed by atoms with Crippen molar-refractivity contribution in [2.24, 2.45) is 0 Å². The van der Waals surface area contributed by atoms with Gasteiger partial charge in [0, 0.05) is 50.3 Å². The summed E-state index contributed by atoms with van der Waals surface area (Å²) in [4.78, 5) is 42.4. The van der Waals surface area contributed by atoms with E-state index in [9.17, 15) is 9.59 Å². The number of ether oxygens (including phenoxy) is 1. The van der Waals surface area contributed by atoms with E-state index >= 15 is 0 Å². The van der Waals surface area contributed by atoms with Gasteiger partial charge in [0.2, 0.25) is 5.95 Å². The summed E-state index contributed by atoms with van der Waals surface area (Å²) in [7, 11) is 2.17. The molecule has 0 saturated carbocycles. The van der Waals surface area contributed by atoms with E-state index in [1.807, 2.05) is 35.0 Å². The minimum absolute atomic E-state index is 0.0216. The summed E-state index contributed by atoms with van der Waals surface area (Å²) in [5.74, 6) is 0.965. The van der Waals surface area contributed by atoms with Crippen molar-refractivity contribution in [2.45, 2.75) is 19.4 Å². The molecular formula is C34H34N8O3. The number of amides is 1. The summed E-state index contributed by atoms with van der Waals surface area (Å²) in [6, 6.07) is 18.5. The van der Waals surface area contributed by atoms with Gasteiger partial charge in [-0.2, -0.15) is 4.98 Å². The Morgan fingerprint density at radius 2 is 1.69 bits per heavy atom. The SMILES string of the molecule is CN1CCN(c2ccc3cc(Nc4ncc5c(=O)n6n(c5n4)-c4ccc5c(c4)N(CCCC=CC6)C(=O)CO5)ccc3c2)CC1. The lowest BCUT2D eigenvalue weighted by atomic mass is 10.1. The zero-order chi connectivity index (χ0) is 30.5. The standard InChI is InChI=1S/C34H34N8O3/c1-38-14-16-39(17-15-38)26-9-7-23-18-25(8-6-24(23)19-26)36-34-35-21-28-32(37-34)42-27-10-11-30-29(20-27)40(31(43)22-45-30)12-4-2-3-5-13-41(42)33(28)44/h3,5-11,18-21H,2,4,12-17,22H2,1H3,(H,35,36,37). The maximum Gasteiger partial charge on any atom is 0.278 e. The van der Waals surface area contributed by atoms with Gasteiger partial charge in [-0.05, 0) is 73.1 Å². The quantitative estimate of drug-likeness (QED) is 0.305. The highest BCUT2D eigenvalue weighted by Crippen LogP contribution is 2.35. The van der Waals surface area contributed by atoms with Gasteiger partial charge in [0.15, 0.2) is 12.3 Å². The zero-order valence-electron chi connectivity index (χ0n) is 25.1. The summed E-state index contributed by atoms with van der Waals surface area (Å²) < 4.78 is 9.21. The second-order valence-corrected chi connectivity index (χ2v) is 11.9. The molecule has 3 aliphatic rings. The monoisotopic (exact) mass is 602 g/mol. The van der Waals surface area contributed by atoms with E-state index in [0.29, 0.717) is 47.2 Å². The van der Waals surface area contributed by atoms with E-state index in [-0.39, 0.29) is 18.1 Å². The number of allylic oxidation sites excluding steroid dienone is 2. The van der Waals surface area contributed by atoms with E-state index in [4.69, 9.17) is 9.72 Å². The fourth-order valence-corrected chi connectivity index (χ4v) is 6.44. The lowest BCUT2D eigenvalue weighted by molar-refractivity contribution is -0.121. The van der Waals surface area contributed by atoms with Crippen LogP contribution in [-0.2, 0) is 11.3 Å². The minimum Gasteiger partial charge on any atom is -0.482 e. The third-order valence-electron chi connectivity index (χ3n) is 8.95. The molecule has 0 radical (unpaired) electrons. The number of piperazine rings is 1. The summed E-state index contributed by atoms with van der Waals surface area (Å²) in [5, 5.41) is 6.06. The fraction of sp³-hybridized carbons (Fsp3) is 0.294. The van der Waals surface area contributed by atoms with Crippen LogP contribution < -0.4 is 25.4 Å². The molecule has 3 aliphatic heterocycles. The third-order valence-corrected chi connectivity index (χ3v) is 8.95. The number of fused-ring (bicyclic) bond motifs is 6. The van der Waals surface area contributed by atoms with Crippen LogP contribution in [0.5, 0.6) is 5.75 Å². The first-order valence-corrected chi connectivity index (χ1v) is 15.5. The first-order valence-electron chi connectivity index (χ1n) is 15.5. The number of nitrogens with zero attached hydrogens (tertiary/aromatic N) is 7. The predicted molar refractivity (Wildman–Crippen MR) is 176 cm³/mol. The second-order valence-electron chi connectivity index (χ2n) is 11.9. The number of hydrogen-bond donors (Lipinski definition) is 1. The molecule has 1 saturated heterocycles. The van der Waals surface area contributed by atoms with Gasteiger partial charge in [-0.15, -0.1) is 0 Å². The molecule has 8 rings (SSSR count). The van der Waals surface area contributed by atoms with E-state index in [2.05, 4.69) is 63.6 Å². The topological polar surface area (TPSA) is 101 Å². The van der Waals surface area contributed by atoms with Gasteiger partial charge in [-0.25, -0.2) is 14.3 Å². The molecule has 1 amide bonds. The molecule has 1 fully saturated rings. The van der Waals surface area contributed by atoms with Gasteiger partial charge < -0.3 is 24.8 Å². The maximum absolute atomic E-state index is 13.6. The molecule has 5 heterocycles. The Bertz CT molecular complexity index is 2040. The van der Waals surface area contributed by atoms with E-state index in [1.54, 1.807) is 15.8 Å². The summed E-state index contributed by atoms with van der Waals surface area (Å²) in [6.07, 6.45) is 7.25. The fourth-order valence-electron chi connectivity index (χ4n) is 6.44. The van der Waals surface area contributed by atoms with E-state index in [1.165, 1.54) is 11.1 Å². The number of benzene rings is 3. The molecule has 0 atom stereocenters. The van der Waals surface area contributed by atoms with Gasteiger partial charge in [-0.3, -0.25) is 9.59 Å². The second kappa shape index (κ2) is 11.1. The Morgan fingerprint density at radius 3 is 2.58 bits per heavy atom. The van der Waals surface area contributed by atoms with Crippen molar-refractivity contribution in [3.8, 4) is 11.4 Å². The van der Waals surface area contributed by atoms with Crippen molar-refractivity contribution in [2.75, 3.05) is 61.5 Å². The number of carbonyl (C=O) groups excluding carboxylic acids is 1. The van der Waals surface area contributed by atoms with Gasteiger partial charge in [0.25, 0.3) is 11.5 Å². The average molecular weight is 603 g/mol. The molecule has 2 aromatic heterocycles. The third kappa shape index (κ3) is 4.98. The smallest absolute Gasteiger partial charge is 0.278 e. The predicted octanol–water partition coefficient (Wildman–Crippen LogP) is 4.31. The van der Waals surface area contributed by atoms with Crippen molar-refractivity contribution >= 4 is 50.7 Å². The number of likely N-dealkylation sites (N-methyl/N-ethyl adjacent to an activating group) is 1. The van der Waals surface area contributed by atoms with Gasteiger partial charge in [-0.1, -0.05) is 24.3 Å². The van der Waals surface area contributed by atoms with Crippen LogP contribution in [0.1, 0.15) is 12.8 Å². The Balaban J connectivity index is 1.16. The number of nitrogens with one attached hydrogen (secondary N) is 1. The summed E-state index contributed by atoms with van der Waals surface area (Å²) in [5.41, 5.74) is 3.82. The highest BCUT2D eigenvalue weighted by atomic mass is 16.5. The molecule has 228 valence electrons. The lowest BCUT2D eigenvalue weighted by Crippen LogP contribution is -2.44. The van der Waals surface area contributed by atoms with Crippen LogP contribution in [0.15, 0.2) is 77.7 Å². The molecule has 0 aliphatic carbocycles. The minimum atomic E-state index is -0.179. The van der Waals surface area contributed by atoms with Crippen LogP contribution in [0.3, 0.4) is 0 Å². The van der Waals surface area contributed by atoms with Crippen molar-refractivity contribution < 1.29 is 9.53 Å². The Morgan fingerprint density at radius 1 is 0.867 bits per heavy atom. The molecule has 3 aromatic carbocycles. The molecule has 0 spiro atoms. The van der Waals surface area contributed by atoms with Crippen molar-refractivity contribution in [3.05, 3.63) is 83.3 Å². The number of hydrogen-bond acceptors (Lipinski definition) is 8. The molecule has 2 bridgehead atoms. The van der Waals surface area contributed by atoms with Gasteiger partial charge in [0.05, 0.1) is 17.9 Å². The summed E-state index contributed by atoms with van der Waals surface area (Å²) in [6.45, 7) is 5.20. The molecule has 0 unspecified atom stereocenters. The molecule has 1 N–H and O–H groups in total.